The quantitative estimate of drug-likeness (QED) is 0.647. The molecule has 0 aliphatic rings. The summed E-state index contributed by atoms with van der Waals surface area (Å²) in [5, 5.41) is 0. The molecule has 0 spiro atoms. The Morgan fingerprint density at radius 1 is 1.05 bits per heavy atom. The van der Waals surface area contributed by atoms with Gasteiger partial charge in [-0.05, 0) is 23.6 Å². The van der Waals surface area contributed by atoms with Crippen molar-refractivity contribution in [1.82, 2.24) is 6.15 Å². The first-order chi connectivity index (χ1) is 9.68. The largest absolute Gasteiger partial charge is 0.462 e. The summed E-state index contributed by atoms with van der Waals surface area (Å²) in [5.41, 5.74) is 3.96. The van der Waals surface area contributed by atoms with Crippen LogP contribution in [0.5, 0.6) is 0 Å². The van der Waals surface area contributed by atoms with Crippen LogP contribution in [0.2, 0.25) is 0 Å². The van der Waals surface area contributed by atoms with Crippen molar-refractivity contribution in [2.45, 2.75) is 13.3 Å². The molecule has 2 aromatic rings. The van der Waals surface area contributed by atoms with Gasteiger partial charge in [0.25, 0.3) is 0 Å². The third-order valence-electron chi connectivity index (χ3n) is 3.06. The topological polar surface area (TPSA) is 61.3 Å². The standard InChI is InChI=1S/C18H18O2.ClH.H3N/c1-14(2)18(19)20-13-12-16-10-6-7-11-17(16)15-8-4-3-5-9-15;;/h3-11H,1,12-13H2,2H3;1H;1H3. The zero-order chi connectivity index (χ0) is 14.4. The van der Waals surface area contributed by atoms with Crippen LogP contribution in [0.15, 0.2) is 66.7 Å². The Bertz CT molecular complexity index is 611. The van der Waals surface area contributed by atoms with Gasteiger partial charge in [-0.3, -0.25) is 0 Å². The molecule has 0 radical (unpaired) electrons. The molecule has 4 heteroatoms. The maximum absolute atomic E-state index is 11.4. The van der Waals surface area contributed by atoms with Crippen molar-refractivity contribution in [3.8, 4) is 11.1 Å². The number of hydrogen-bond donors (Lipinski definition) is 1. The fraction of sp³-hybridized carbons (Fsp3) is 0.167. The molecule has 2 aromatic carbocycles. The van der Waals surface area contributed by atoms with E-state index in [1.807, 2.05) is 30.3 Å². The van der Waals surface area contributed by atoms with Gasteiger partial charge in [0.1, 0.15) is 0 Å². The van der Waals surface area contributed by atoms with Crippen LogP contribution in [0.4, 0.5) is 0 Å². The van der Waals surface area contributed by atoms with Gasteiger partial charge in [-0.15, -0.1) is 12.4 Å². The van der Waals surface area contributed by atoms with Gasteiger partial charge in [-0.25, -0.2) is 4.79 Å². The number of carbonyl (C=O) groups is 1. The van der Waals surface area contributed by atoms with E-state index in [0.29, 0.717) is 18.6 Å². The number of rotatable bonds is 5. The van der Waals surface area contributed by atoms with E-state index < -0.39 is 0 Å². The predicted molar refractivity (Wildman–Crippen MR) is 93.6 cm³/mol. The van der Waals surface area contributed by atoms with Gasteiger partial charge < -0.3 is 10.9 Å². The summed E-state index contributed by atoms with van der Waals surface area (Å²) in [7, 11) is 0. The number of ether oxygens (including phenoxy) is 1. The lowest BCUT2D eigenvalue weighted by atomic mass is 9.98. The molecule has 2 rings (SSSR count). The fourth-order valence-electron chi connectivity index (χ4n) is 2.01. The van der Waals surface area contributed by atoms with Gasteiger partial charge in [-0.1, -0.05) is 61.2 Å². The third kappa shape index (κ3) is 5.35. The highest BCUT2D eigenvalue weighted by Gasteiger charge is 2.06. The van der Waals surface area contributed by atoms with Crippen molar-refractivity contribution < 1.29 is 9.53 Å². The van der Waals surface area contributed by atoms with E-state index in [2.05, 4.69) is 30.8 Å². The van der Waals surface area contributed by atoms with E-state index in [-0.39, 0.29) is 24.5 Å². The van der Waals surface area contributed by atoms with Crippen LogP contribution in [0.3, 0.4) is 0 Å². The zero-order valence-electron chi connectivity index (χ0n) is 12.7. The molecular weight excluding hydrogens is 298 g/mol. The Labute approximate surface area is 138 Å². The summed E-state index contributed by atoms with van der Waals surface area (Å²) in [6, 6.07) is 18.4. The van der Waals surface area contributed by atoms with Crippen LogP contribution in [-0.4, -0.2) is 12.6 Å². The SMILES string of the molecule is C=C(C)C(=O)OCCc1ccccc1-c1ccccc1.Cl.N. The van der Waals surface area contributed by atoms with E-state index in [0.717, 1.165) is 0 Å². The highest BCUT2D eigenvalue weighted by molar-refractivity contribution is 5.86. The lowest BCUT2D eigenvalue weighted by Crippen LogP contribution is -2.08. The number of hydrogen-bond acceptors (Lipinski definition) is 3. The molecule has 0 fully saturated rings. The van der Waals surface area contributed by atoms with Crippen LogP contribution < -0.4 is 6.15 Å². The van der Waals surface area contributed by atoms with Gasteiger partial charge in [0, 0.05) is 12.0 Å². The Hall–Kier alpha value is -2.10. The van der Waals surface area contributed by atoms with Gasteiger partial charge in [0.05, 0.1) is 6.61 Å². The molecule has 3 N–H and O–H groups in total. The van der Waals surface area contributed by atoms with E-state index in [1.165, 1.54) is 16.7 Å². The molecule has 0 saturated heterocycles. The number of halogens is 1. The van der Waals surface area contributed by atoms with Crippen molar-refractivity contribution in [3.05, 3.63) is 72.3 Å². The second kappa shape index (κ2) is 9.77. The molecule has 3 nitrogen and oxygen atoms in total. The summed E-state index contributed by atoms with van der Waals surface area (Å²) >= 11 is 0. The molecule has 0 amide bonds. The first kappa shape index (κ1) is 19.9. The monoisotopic (exact) mass is 319 g/mol. The van der Waals surface area contributed by atoms with Crippen LogP contribution in [0.1, 0.15) is 12.5 Å². The molecule has 118 valence electrons. The van der Waals surface area contributed by atoms with Gasteiger partial charge in [-0.2, -0.15) is 0 Å². The van der Waals surface area contributed by atoms with E-state index in [1.54, 1.807) is 6.92 Å². The smallest absolute Gasteiger partial charge is 0.333 e. The Morgan fingerprint density at radius 2 is 1.64 bits per heavy atom. The Morgan fingerprint density at radius 3 is 2.27 bits per heavy atom. The average Bonchev–Trinajstić information content (AvgIpc) is 2.48. The van der Waals surface area contributed by atoms with Crippen LogP contribution in [-0.2, 0) is 16.0 Å². The molecule has 0 heterocycles. The molecule has 0 saturated carbocycles. The normalized spacial score (nSPS) is 9.14. The molecule has 0 bridgehead atoms. The molecule has 0 aliphatic heterocycles. The van der Waals surface area contributed by atoms with E-state index in [4.69, 9.17) is 4.74 Å². The fourth-order valence-corrected chi connectivity index (χ4v) is 2.01. The van der Waals surface area contributed by atoms with Crippen molar-refractivity contribution in [2.75, 3.05) is 6.61 Å². The predicted octanol–water partition coefficient (Wildman–Crippen LogP) is 4.60. The molecule has 0 atom stereocenters. The van der Waals surface area contributed by atoms with Crippen molar-refractivity contribution in [1.29, 1.82) is 0 Å². The average molecular weight is 320 g/mol. The lowest BCUT2D eigenvalue weighted by molar-refractivity contribution is -0.138. The van der Waals surface area contributed by atoms with Crippen molar-refractivity contribution in [2.24, 2.45) is 0 Å². The Balaban J connectivity index is 0.00000220. The minimum atomic E-state index is -0.331. The van der Waals surface area contributed by atoms with Crippen LogP contribution in [0, 0.1) is 0 Å². The van der Waals surface area contributed by atoms with Gasteiger partial charge >= 0.3 is 5.97 Å². The van der Waals surface area contributed by atoms with Crippen molar-refractivity contribution in [3.63, 3.8) is 0 Å². The number of carbonyl (C=O) groups excluding carboxylic acids is 1. The second-order valence-corrected chi connectivity index (χ2v) is 4.69. The third-order valence-corrected chi connectivity index (χ3v) is 3.06. The number of benzene rings is 2. The first-order valence-electron chi connectivity index (χ1n) is 6.64. The summed E-state index contributed by atoms with van der Waals surface area (Å²) < 4.78 is 5.16. The summed E-state index contributed by atoms with van der Waals surface area (Å²) in [5.74, 6) is -0.331. The molecule has 0 aliphatic carbocycles. The highest BCUT2D eigenvalue weighted by atomic mass is 35.5. The van der Waals surface area contributed by atoms with Gasteiger partial charge in [0.15, 0.2) is 0 Å². The summed E-state index contributed by atoms with van der Waals surface area (Å²) in [4.78, 5) is 11.4. The summed E-state index contributed by atoms with van der Waals surface area (Å²) in [6.45, 7) is 5.59. The van der Waals surface area contributed by atoms with Gasteiger partial charge in [0.2, 0.25) is 0 Å². The maximum atomic E-state index is 11.4. The molecule has 0 unspecified atom stereocenters. The molecule has 22 heavy (non-hydrogen) atoms. The maximum Gasteiger partial charge on any atom is 0.333 e. The Kier molecular flexibility index (Phi) is 8.83. The molecular formula is C18H22ClNO2. The van der Waals surface area contributed by atoms with Crippen molar-refractivity contribution >= 4 is 18.4 Å². The lowest BCUT2D eigenvalue weighted by Gasteiger charge is -2.10. The minimum absolute atomic E-state index is 0. The highest BCUT2D eigenvalue weighted by Crippen LogP contribution is 2.23. The van der Waals surface area contributed by atoms with E-state index in [9.17, 15) is 4.79 Å². The summed E-state index contributed by atoms with van der Waals surface area (Å²) in [6.07, 6.45) is 0.698. The number of esters is 1. The second-order valence-electron chi connectivity index (χ2n) is 4.69. The van der Waals surface area contributed by atoms with E-state index >= 15 is 0 Å². The molecule has 0 aromatic heterocycles. The van der Waals surface area contributed by atoms with Crippen LogP contribution in [0.25, 0.3) is 11.1 Å². The minimum Gasteiger partial charge on any atom is -0.462 e. The zero-order valence-corrected chi connectivity index (χ0v) is 13.6. The van der Waals surface area contributed by atoms with Crippen LogP contribution >= 0.6 is 12.4 Å². The first-order valence-corrected chi connectivity index (χ1v) is 6.64.